The average Bonchev–Trinajstić information content (AvgIpc) is 2.13. The van der Waals surface area contributed by atoms with Crippen LogP contribution in [0.25, 0.3) is 0 Å². The van der Waals surface area contributed by atoms with Gasteiger partial charge >= 0.3 is 5.97 Å². The van der Waals surface area contributed by atoms with Crippen LogP contribution in [0.5, 0.6) is 5.75 Å². The highest BCUT2D eigenvalue weighted by Crippen LogP contribution is 2.26. The zero-order chi connectivity index (χ0) is 10.0. The maximum atomic E-state index is 11.1. The lowest BCUT2D eigenvalue weighted by Gasteiger charge is -2.06. The van der Waals surface area contributed by atoms with Crippen molar-refractivity contribution in [3.05, 3.63) is 23.3 Å². The number of benzene rings is 1. The maximum absolute atomic E-state index is 11.1. The SMILES string of the molecule is COC(=O)c1ccc(N)c(C)c1O. The second-order valence-electron chi connectivity index (χ2n) is 2.67. The predicted molar refractivity (Wildman–Crippen MR) is 48.6 cm³/mol. The molecule has 0 bridgehead atoms. The molecule has 70 valence electrons. The molecule has 3 N–H and O–H groups in total. The first-order valence-electron chi connectivity index (χ1n) is 3.74. The van der Waals surface area contributed by atoms with E-state index in [-0.39, 0.29) is 11.3 Å². The van der Waals surface area contributed by atoms with Crippen molar-refractivity contribution in [2.45, 2.75) is 6.92 Å². The lowest BCUT2D eigenvalue weighted by molar-refractivity contribution is 0.0597. The summed E-state index contributed by atoms with van der Waals surface area (Å²) in [6.45, 7) is 1.64. The minimum absolute atomic E-state index is 0.119. The number of phenolic OH excluding ortho intramolecular Hbond substituents is 1. The highest BCUT2D eigenvalue weighted by atomic mass is 16.5. The first-order valence-corrected chi connectivity index (χ1v) is 3.74. The average molecular weight is 181 g/mol. The van der Waals surface area contributed by atoms with Gasteiger partial charge in [0.25, 0.3) is 0 Å². The van der Waals surface area contributed by atoms with Gasteiger partial charge in [-0.05, 0) is 19.1 Å². The Kier molecular flexibility index (Phi) is 2.41. The highest BCUT2D eigenvalue weighted by Gasteiger charge is 2.13. The van der Waals surface area contributed by atoms with Crippen molar-refractivity contribution in [3.8, 4) is 5.75 Å². The quantitative estimate of drug-likeness (QED) is 0.502. The van der Waals surface area contributed by atoms with E-state index in [9.17, 15) is 9.90 Å². The molecule has 0 aromatic heterocycles. The molecule has 0 saturated heterocycles. The monoisotopic (exact) mass is 181 g/mol. The van der Waals surface area contributed by atoms with Gasteiger partial charge in [-0.25, -0.2) is 4.79 Å². The molecule has 0 amide bonds. The Morgan fingerprint density at radius 2 is 2.15 bits per heavy atom. The van der Waals surface area contributed by atoms with Crippen molar-refractivity contribution < 1.29 is 14.6 Å². The number of aromatic hydroxyl groups is 1. The van der Waals surface area contributed by atoms with Crippen LogP contribution in [0.4, 0.5) is 5.69 Å². The van der Waals surface area contributed by atoms with E-state index in [1.165, 1.54) is 13.2 Å². The topological polar surface area (TPSA) is 72.5 Å². The van der Waals surface area contributed by atoms with Crippen LogP contribution in [0.2, 0.25) is 0 Å². The van der Waals surface area contributed by atoms with E-state index in [0.717, 1.165) is 0 Å². The molecule has 0 aliphatic rings. The molecular formula is C9H11NO3. The van der Waals surface area contributed by atoms with Crippen molar-refractivity contribution in [3.63, 3.8) is 0 Å². The number of hydrogen-bond acceptors (Lipinski definition) is 4. The summed E-state index contributed by atoms with van der Waals surface area (Å²) >= 11 is 0. The third kappa shape index (κ3) is 1.56. The molecule has 0 radical (unpaired) electrons. The van der Waals surface area contributed by atoms with Crippen LogP contribution in [-0.2, 0) is 4.74 Å². The Labute approximate surface area is 75.9 Å². The van der Waals surface area contributed by atoms with Crippen LogP contribution < -0.4 is 5.73 Å². The van der Waals surface area contributed by atoms with Crippen molar-refractivity contribution in [2.75, 3.05) is 12.8 Å². The molecule has 4 nitrogen and oxygen atoms in total. The summed E-state index contributed by atoms with van der Waals surface area (Å²) < 4.78 is 4.47. The molecule has 0 saturated carbocycles. The smallest absolute Gasteiger partial charge is 0.341 e. The third-order valence-corrected chi connectivity index (χ3v) is 1.88. The standard InChI is InChI=1S/C9H11NO3/c1-5-7(10)4-3-6(8(5)11)9(12)13-2/h3-4,11H,10H2,1-2H3. The molecule has 1 aromatic carbocycles. The first kappa shape index (κ1) is 9.38. The molecular weight excluding hydrogens is 170 g/mol. The normalized spacial score (nSPS) is 9.69. The Bertz CT molecular complexity index is 347. The van der Waals surface area contributed by atoms with Crippen LogP contribution in [0.1, 0.15) is 15.9 Å². The lowest BCUT2D eigenvalue weighted by Crippen LogP contribution is -2.03. The summed E-state index contributed by atoms with van der Waals surface area (Å²) in [4.78, 5) is 11.1. The van der Waals surface area contributed by atoms with E-state index in [4.69, 9.17) is 5.73 Å². The molecule has 0 heterocycles. The summed E-state index contributed by atoms with van der Waals surface area (Å²) in [6.07, 6.45) is 0. The summed E-state index contributed by atoms with van der Waals surface area (Å²) in [5.74, 6) is -0.688. The van der Waals surface area contributed by atoms with Gasteiger partial charge < -0.3 is 15.6 Å². The van der Waals surface area contributed by atoms with E-state index in [1.807, 2.05) is 0 Å². The van der Waals surface area contributed by atoms with Gasteiger partial charge in [0.15, 0.2) is 0 Å². The van der Waals surface area contributed by atoms with E-state index in [0.29, 0.717) is 11.3 Å². The Morgan fingerprint density at radius 3 is 2.69 bits per heavy atom. The molecule has 0 aliphatic heterocycles. The number of methoxy groups -OCH3 is 1. The van der Waals surface area contributed by atoms with Gasteiger partial charge in [0, 0.05) is 11.3 Å². The minimum Gasteiger partial charge on any atom is -0.507 e. The number of rotatable bonds is 1. The Balaban J connectivity index is 3.26. The largest absolute Gasteiger partial charge is 0.507 e. The van der Waals surface area contributed by atoms with E-state index >= 15 is 0 Å². The van der Waals surface area contributed by atoms with E-state index in [1.54, 1.807) is 13.0 Å². The molecule has 13 heavy (non-hydrogen) atoms. The molecule has 0 fully saturated rings. The van der Waals surface area contributed by atoms with Crippen molar-refractivity contribution in [1.82, 2.24) is 0 Å². The summed E-state index contributed by atoms with van der Waals surface area (Å²) in [5, 5.41) is 9.50. The van der Waals surface area contributed by atoms with E-state index < -0.39 is 5.97 Å². The van der Waals surface area contributed by atoms with Crippen LogP contribution in [0, 0.1) is 6.92 Å². The molecule has 4 heteroatoms. The summed E-state index contributed by atoms with van der Waals surface area (Å²) in [7, 11) is 1.26. The molecule has 1 aromatic rings. The third-order valence-electron chi connectivity index (χ3n) is 1.88. The number of hydrogen-bond donors (Lipinski definition) is 2. The van der Waals surface area contributed by atoms with Gasteiger partial charge in [0.2, 0.25) is 0 Å². The van der Waals surface area contributed by atoms with Gasteiger partial charge in [-0.2, -0.15) is 0 Å². The zero-order valence-electron chi connectivity index (χ0n) is 7.50. The lowest BCUT2D eigenvalue weighted by atomic mass is 10.1. The first-order chi connectivity index (χ1) is 6.07. The zero-order valence-corrected chi connectivity index (χ0v) is 7.50. The number of ether oxygens (including phenoxy) is 1. The van der Waals surface area contributed by atoms with Gasteiger partial charge in [-0.1, -0.05) is 0 Å². The van der Waals surface area contributed by atoms with Gasteiger partial charge in [0.05, 0.1) is 7.11 Å². The summed E-state index contributed by atoms with van der Waals surface area (Å²) in [6, 6.07) is 2.99. The number of nitrogens with two attached hydrogens (primary N) is 1. The molecule has 0 aliphatic carbocycles. The van der Waals surface area contributed by atoms with Crippen molar-refractivity contribution in [1.29, 1.82) is 0 Å². The Morgan fingerprint density at radius 1 is 1.54 bits per heavy atom. The Hall–Kier alpha value is -1.71. The molecule has 0 unspecified atom stereocenters. The van der Waals surface area contributed by atoms with Gasteiger partial charge in [-0.15, -0.1) is 0 Å². The second-order valence-corrected chi connectivity index (χ2v) is 2.67. The fourth-order valence-electron chi connectivity index (χ4n) is 0.990. The maximum Gasteiger partial charge on any atom is 0.341 e. The van der Waals surface area contributed by atoms with Crippen LogP contribution in [0.3, 0.4) is 0 Å². The van der Waals surface area contributed by atoms with Crippen LogP contribution in [0.15, 0.2) is 12.1 Å². The number of carbonyl (C=O) groups excluding carboxylic acids is 1. The van der Waals surface area contributed by atoms with Crippen molar-refractivity contribution >= 4 is 11.7 Å². The predicted octanol–water partition coefficient (Wildman–Crippen LogP) is 1.07. The molecule has 0 spiro atoms. The van der Waals surface area contributed by atoms with Crippen molar-refractivity contribution in [2.24, 2.45) is 0 Å². The number of nitrogen functional groups attached to an aromatic ring is 1. The fourth-order valence-corrected chi connectivity index (χ4v) is 0.990. The minimum atomic E-state index is -0.569. The van der Waals surface area contributed by atoms with E-state index in [2.05, 4.69) is 4.74 Å². The number of anilines is 1. The van der Waals surface area contributed by atoms with Crippen LogP contribution in [-0.4, -0.2) is 18.2 Å². The second kappa shape index (κ2) is 3.35. The van der Waals surface area contributed by atoms with Gasteiger partial charge in [0.1, 0.15) is 11.3 Å². The summed E-state index contributed by atoms with van der Waals surface area (Å²) in [5.41, 5.74) is 6.59. The van der Waals surface area contributed by atoms with Crippen LogP contribution >= 0.6 is 0 Å². The van der Waals surface area contributed by atoms with Gasteiger partial charge in [-0.3, -0.25) is 0 Å². The fraction of sp³-hybridized carbons (Fsp3) is 0.222. The number of esters is 1. The number of carbonyl (C=O) groups is 1. The molecule has 0 atom stereocenters. The highest BCUT2D eigenvalue weighted by molar-refractivity contribution is 5.93. The molecule has 1 rings (SSSR count). The number of phenols is 1.